The molecule has 0 N–H and O–H groups in total. The molecule has 0 spiro atoms. The lowest BCUT2D eigenvalue weighted by Gasteiger charge is -2.39. The van der Waals surface area contributed by atoms with E-state index >= 15 is 0 Å². The maximum absolute atomic E-state index is 6.28. The molecule has 0 fully saturated rings. The molecule has 0 bridgehead atoms. The van der Waals surface area contributed by atoms with Gasteiger partial charge in [0.15, 0.2) is 16.6 Å². The molecule has 0 radical (unpaired) electrons. The first-order valence-electron chi connectivity index (χ1n) is 7.88. The summed E-state index contributed by atoms with van der Waals surface area (Å²) in [6.07, 6.45) is 0. The monoisotopic (exact) mass is 318 g/mol. The summed E-state index contributed by atoms with van der Waals surface area (Å²) in [7, 11) is -3.25. The fourth-order valence-electron chi connectivity index (χ4n) is 1.18. The topological polar surface area (TPSA) is 18.5 Å². The molecule has 2 nitrogen and oxygen atoms in total. The van der Waals surface area contributed by atoms with E-state index < -0.39 is 16.6 Å². The molecule has 0 saturated carbocycles. The summed E-state index contributed by atoms with van der Waals surface area (Å²) in [4.78, 5) is 0. The zero-order valence-electron chi connectivity index (χ0n) is 15.8. The van der Waals surface area contributed by atoms with Gasteiger partial charge in [0.2, 0.25) is 0 Å². The minimum absolute atomic E-state index is 0.285. The van der Waals surface area contributed by atoms with Gasteiger partial charge in [-0.05, 0) is 36.3 Å². The second-order valence-electron chi connectivity index (χ2n) is 9.25. The first kappa shape index (κ1) is 20.4. The Balaban J connectivity index is 4.31. The maximum Gasteiger partial charge on any atom is 0.191 e. The molecule has 0 aromatic heterocycles. The van der Waals surface area contributed by atoms with Crippen molar-refractivity contribution in [3.8, 4) is 0 Å². The van der Waals surface area contributed by atoms with Gasteiger partial charge in [-0.2, -0.15) is 0 Å². The predicted octanol–water partition coefficient (Wildman–Crippen LogP) is 5.67. The molecule has 122 valence electrons. The Kier molecular flexibility index (Phi) is 6.75. The van der Waals surface area contributed by atoms with Crippen LogP contribution in [0.5, 0.6) is 0 Å². The number of hydrogen-bond acceptors (Lipinski definition) is 2. The molecule has 0 heterocycles. The molecule has 0 atom stereocenters. The van der Waals surface area contributed by atoms with Crippen molar-refractivity contribution in [2.75, 3.05) is 13.2 Å². The Hall–Kier alpha value is 0.354. The van der Waals surface area contributed by atoms with Gasteiger partial charge in [-0.1, -0.05) is 48.5 Å². The van der Waals surface area contributed by atoms with Gasteiger partial charge in [0.25, 0.3) is 0 Å². The van der Waals surface area contributed by atoms with E-state index in [1.54, 1.807) is 0 Å². The van der Waals surface area contributed by atoms with Crippen LogP contribution in [-0.2, 0) is 8.85 Å². The Labute approximate surface area is 129 Å². The van der Waals surface area contributed by atoms with Crippen molar-refractivity contribution < 1.29 is 8.85 Å². The van der Waals surface area contributed by atoms with Gasteiger partial charge >= 0.3 is 0 Å². The quantitative estimate of drug-likeness (QED) is 0.588. The summed E-state index contributed by atoms with van der Waals surface area (Å²) >= 11 is 0. The Morgan fingerprint density at radius 2 is 0.950 bits per heavy atom. The minimum Gasteiger partial charge on any atom is -0.416 e. The summed E-state index contributed by atoms with van der Waals surface area (Å²) in [5.41, 5.74) is 0. The van der Waals surface area contributed by atoms with Gasteiger partial charge in [0, 0.05) is 19.1 Å². The zero-order chi connectivity index (χ0) is 16.4. The van der Waals surface area contributed by atoms with Crippen molar-refractivity contribution in [2.24, 2.45) is 5.92 Å². The van der Waals surface area contributed by atoms with Crippen LogP contribution in [0.2, 0.25) is 36.3 Å². The first-order chi connectivity index (χ1) is 8.60. The second kappa shape index (κ2) is 6.63. The van der Waals surface area contributed by atoms with E-state index in [1.165, 1.54) is 0 Å². The summed E-state index contributed by atoms with van der Waals surface area (Å²) in [6.45, 7) is 26.9. The van der Waals surface area contributed by atoms with Crippen molar-refractivity contribution in [2.45, 2.75) is 84.7 Å². The van der Waals surface area contributed by atoms with Crippen molar-refractivity contribution in [3.63, 3.8) is 0 Å². The van der Waals surface area contributed by atoms with Gasteiger partial charge in [-0.25, -0.2) is 0 Å². The summed E-state index contributed by atoms with van der Waals surface area (Å²) in [6, 6.07) is 0. The lowest BCUT2D eigenvalue weighted by Crippen LogP contribution is -2.44. The standard InChI is InChI=1S/C16H38O2Si2/c1-14(12-17-19(8,9)15(2,3)4)13-18-20(10,11)16(5,6)7/h14H,12-13H2,1-11H3. The fraction of sp³-hybridized carbons (Fsp3) is 1.00. The third-order valence-electron chi connectivity index (χ3n) is 5.07. The predicted molar refractivity (Wildman–Crippen MR) is 95.5 cm³/mol. The van der Waals surface area contributed by atoms with Crippen LogP contribution < -0.4 is 0 Å². The van der Waals surface area contributed by atoms with Crippen LogP contribution in [0.4, 0.5) is 0 Å². The second-order valence-corrected chi connectivity index (χ2v) is 18.9. The molecule has 4 heteroatoms. The van der Waals surface area contributed by atoms with Gasteiger partial charge in [0.05, 0.1) is 0 Å². The minimum atomic E-state index is -1.62. The van der Waals surface area contributed by atoms with E-state index in [1.807, 2.05) is 0 Å². The lowest BCUT2D eigenvalue weighted by atomic mass is 10.2. The highest BCUT2D eigenvalue weighted by Crippen LogP contribution is 2.38. The largest absolute Gasteiger partial charge is 0.416 e. The molecule has 0 aromatic carbocycles. The molecule has 0 amide bonds. The third-order valence-corrected chi connectivity index (χ3v) is 14.1. The van der Waals surface area contributed by atoms with Crippen LogP contribution in [0.25, 0.3) is 0 Å². The van der Waals surface area contributed by atoms with Crippen LogP contribution in [0.15, 0.2) is 0 Å². The third kappa shape index (κ3) is 6.00. The summed E-state index contributed by atoms with van der Waals surface area (Å²) in [5.74, 6) is 0.471. The molecule has 0 aliphatic rings. The van der Waals surface area contributed by atoms with E-state index in [4.69, 9.17) is 8.85 Å². The van der Waals surface area contributed by atoms with E-state index in [-0.39, 0.29) is 10.1 Å². The normalized spacial score (nSPS) is 15.0. The highest BCUT2D eigenvalue weighted by molar-refractivity contribution is 6.74. The molecular weight excluding hydrogens is 280 g/mol. The summed E-state index contributed by atoms with van der Waals surface area (Å²) in [5, 5.41) is 0.569. The molecular formula is C16H38O2Si2. The number of hydrogen-bond donors (Lipinski definition) is 0. The van der Waals surface area contributed by atoms with Crippen LogP contribution in [0.3, 0.4) is 0 Å². The highest BCUT2D eigenvalue weighted by atomic mass is 28.4. The smallest absolute Gasteiger partial charge is 0.191 e. The SMILES string of the molecule is CC(CO[Si](C)(C)C(C)(C)C)CO[Si](C)(C)C(C)(C)C. The average Bonchev–Trinajstić information content (AvgIpc) is 2.20. The van der Waals surface area contributed by atoms with Crippen LogP contribution in [0.1, 0.15) is 48.5 Å². The van der Waals surface area contributed by atoms with E-state index in [2.05, 4.69) is 74.7 Å². The van der Waals surface area contributed by atoms with Crippen LogP contribution >= 0.6 is 0 Å². The van der Waals surface area contributed by atoms with Gasteiger partial charge < -0.3 is 8.85 Å². The van der Waals surface area contributed by atoms with E-state index in [0.717, 1.165) is 13.2 Å². The van der Waals surface area contributed by atoms with Gasteiger partial charge in [-0.15, -0.1) is 0 Å². The highest BCUT2D eigenvalue weighted by Gasteiger charge is 2.39. The Bertz CT molecular complexity index is 269. The molecule has 0 unspecified atom stereocenters. The van der Waals surface area contributed by atoms with Gasteiger partial charge in [-0.3, -0.25) is 0 Å². The molecule has 0 aliphatic carbocycles. The van der Waals surface area contributed by atoms with Crippen molar-refractivity contribution in [3.05, 3.63) is 0 Å². The molecule has 0 rings (SSSR count). The maximum atomic E-state index is 6.28. The van der Waals surface area contributed by atoms with Crippen molar-refractivity contribution in [1.82, 2.24) is 0 Å². The lowest BCUT2D eigenvalue weighted by molar-refractivity contribution is 0.168. The molecule has 0 aromatic rings. The average molecular weight is 319 g/mol. The zero-order valence-corrected chi connectivity index (χ0v) is 17.8. The molecule has 20 heavy (non-hydrogen) atoms. The van der Waals surface area contributed by atoms with Crippen LogP contribution in [-0.4, -0.2) is 29.8 Å². The summed E-state index contributed by atoms with van der Waals surface area (Å²) < 4.78 is 12.6. The van der Waals surface area contributed by atoms with Crippen LogP contribution in [0, 0.1) is 5.92 Å². The van der Waals surface area contributed by atoms with Crippen molar-refractivity contribution in [1.29, 1.82) is 0 Å². The Morgan fingerprint density at radius 1 is 0.700 bits per heavy atom. The fourth-order valence-corrected chi connectivity index (χ4v) is 3.45. The first-order valence-corrected chi connectivity index (χ1v) is 13.7. The van der Waals surface area contributed by atoms with Gasteiger partial charge in [0.1, 0.15) is 0 Å². The number of rotatable bonds is 6. The molecule has 0 aliphatic heterocycles. The van der Waals surface area contributed by atoms with E-state index in [9.17, 15) is 0 Å². The van der Waals surface area contributed by atoms with E-state index in [0.29, 0.717) is 5.92 Å². The Morgan fingerprint density at radius 3 is 1.15 bits per heavy atom. The van der Waals surface area contributed by atoms with Crippen molar-refractivity contribution >= 4 is 16.6 Å². The molecule has 0 saturated heterocycles.